The summed E-state index contributed by atoms with van der Waals surface area (Å²) in [6.07, 6.45) is 4.43. The highest BCUT2D eigenvalue weighted by Gasteiger charge is 2.27. The Hall–Kier alpha value is -0.460. The second-order valence-electron chi connectivity index (χ2n) is 7.38. The van der Waals surface area contributed by atoms with Crippen molar-refractivity contribution in [2.45, 2.75) is 64.2 Å². The van der Waals surface area contributed by atoms with Crippen LogP contribution < -0.4 is 5.32 Å². The van der Waals surface area contributed by atoms with Crippen LogP contribution in [0.3, 0.4) is 0 Å². The molecule has 6 heteroatoms. The van der Waals surface area contributed by atoms with Crippen molar-refractivity contribution >= 4 is 17.9 Å². The Bertz CT molecular complexity index is 359. The molecule has 0 aromatic carbocycles. The molecule has 0 saturated carbocycles. The predicted molar refractivity (Wildman–Crippen MR) is 95.1 cm³/mol. The summed E-state index contributed by atoms with van der Waals surface area (Å²) in [5.74, 6) is 2.56. The third-order valence-corrected chi connectivity index (χ3v) is 5.25. The van der Waals surface area contributed by atoms with E-state index in [9.17, 15) is 4.79 Å². The fourth-order valence-electron chi connectivity index (χ4n) is 2.92. The second kappa shape index (κ2) is 9.14. The van der Waals surface area contributed by atoms with Crippen LogP contribution in [0, 0.1) is 0 Å². The van der Waals surface area contributed by atoms with E-state index >= 15 is 0 Å². The Balaban J connectivity index is 1.55. The molecule has 0 aromatic heterocycles. The Labute approximate surface area is 144 Å². The van der Waals surface area contributed by atoms with Crippen molar-refractivity contribution in [2.24, 2.45) is 0 Å². The molecule has 2 aliphatic rings. The predicted octanol–water partition coefficient (Wildman–Crippen LogP) is 2.89. The quantitative estimate of drug-likeness (QED) is 0.777. The number of carbonyl (C=O) groups excluding carboxylic acids is 1. The van der Waals surface area contributed by atoms with E-state index in [2.05, 4.69) is 17.1 Å². The lowest BCUT2D eigenvalue weighted by Gasteiger charge is -2.33. The van der Waals surface area contributed by atoms with Crippen LogP contribution >= 0.6 is 11.8 Å². The zero-order valence-electron chi connectivity index (χ0n) is 14.8. The molecular weight excluding hydrogens is 312 g/mol. The molecule has 0 radical (unpaired) electrons. The first-order chi connectivity index (χ1) is 10.9. The third kappa shape index (κ3) is 7.31. The average Bonchev–Trinajstić information content (AvgIpc) is 2.51. The smallest absolute Gasteiger partial charge is 0.410 e. The topological polar surface area (TPSA) is 50.8 Å². The summed E-state index contributed by atoms with van der Waals surface area (Å²) in [7, 11) is 0. The van der Waals surface area contributed by atoms with E-state index in [0.29, 0.717) is 6.04 Å². The number of rotatable bonds is 5. The van der Waals surface area contributed by atoms with Crippen LogP contribution in [-0.2, 0) is 9.47 Å². The van der Waals surface area contributed by atoms with E-state index in [0.717, 1.165) is 39.1 Å². The highest BCUT2D eigenvalue weighted by Crippen LogP contribution is 2.18. The van der Waals surface area contributed by atoms with E-state index in [1.54, 1.807) is 4.90 Å². The number of likely N-dealkylation sites (tertiary alicyclic amines) is 1. The van der Waals surface area contributed by atoms with E-state index in [4.69, 9.17) is 9.47 Å². The lowest BCUT2D eigenvalue weighted by atomic mass is 10.1. The average molecular weight is 345 g/mol. The number of hydrogen-bond donors (Lipinski definition) is 1. The number of amides is 1. The van der Waals surface area contributed by atoms with Crippen molar-refractivity contribution in [1.82, 2.24) is 10.2 Å². The summed E-state index contributed by atoms with van der Waals surface area (Å²) in [6.45, 7) is 8.86. The van der Waals surface area contributed by atoms with Gasteiger partial charge in [-0.3, -0.25) is 0 Å². The molecule has 2 rings (SSSR count). The lowest BCUT2D eigenvalue weighted by Crippen LogP contribution is -2.44. The Morgan fingerprint density at radius 2 is 1.83 bits per heavy atom. The van der Waals surface area contributed by atoms with Crippen LogP contribution in [0.4, 0.5) is 4.79 Å². The zero-order valence-corrected chi connectivity index (χ0v) is 15.6. The van der Waals surface area contributed by atoms with E-state index < -0.39 is 5.60 Å². The molecule has 0 unspecified atom stereocenters. The van der Waals surface area contributed by atoms with Gasteiger partial charge in [0, 0.05) is 25.7 Å². The Morgan fingerprint density at radius 3 is 2.43 bits per heavy atom. The Morgan fingerprint density at radius 1 is 1.17 bits per heavy atom. The van der Waals surface area contributed by atoms with Crippen LogP contribution in [-0.4, -0.2) is 66.5 Å². The summed E-state index contributed by atoms with van der Waals surface area (Å²) in [5, 5.41) is 3.59. The number of ether oxygens (including phenoxy) is 2. The summed E-state index contributed by atoms with van der Waals surface area (Å²) < 4.78 is 11.4. The molecule has 2 aliphatic heterocycles. The standard InChI is InChI=1S/C17H32N2O3S/c1-17(2,3)22-16(20)19-9-4-15(5-10-19)21-11-8-18-14-6-12-23-13-7-14/h14-15,18H,4-13H2,1-3H3. The van der Waals surface area contributed by atoms with Crippen LogP contribution in [0.2, 0.25) is 0 Å². The monoisotopic (exact) mass is 344 g/mol. The van der Waals surface area contributed by atoms with Gasteiger partial charge in [-0.25, -0.2) is 4.79 Å². The first kappa shape index (κ1) is 18.9. The fraction of sp³-hybridized carbons (Fsp3) is 0.941. The molecule has 0 bridgehead atoms. The van der Waals surface area contributed by atoms with Crippen molar-refractivity contribution in [3.63, 3.8) is 0 Å². The molecule has 1 amide bonds. The summed E-state index contributed by atoms with van der Waals surface area (Å²) in [4.78, 5) is 13.8. The van der Waals surface area contributed by atoms with Crippen LogP contribution in [0.5, 0.6) is 0 Å². The number of nitrogens with zero attached hydrogens (tertiary/aromatic N) is 1. The highest BCUT2D eigenvalue weighted by molar-refractivity contribution is 7.99. The van der Waals surface area contributed by atoms with Gasteiger partial charge < -0.3 is 19.7 Å². The summed E-state index contributed by atoms with van der Waals surface area (Å²) in [5.41, 5.74) is -0.423. The largest absolute Gasteiger partial charge is 0.444 e. The minimum absolute atomic E-state index is 0.201. The van der Waals surface area contributed by atoms with Crippen molar-refractivity contribution < 1.29 is 14.3 Å². The zero-order chi connectivity index (χ0) is 16.7. The van der Waals surface area contributed by atoms with Gasteiger partial charge in [-0.1, -0.05) is 0 Å². The molecule has 2 saturated heterocycles. The molecule has 2 heterocycles. The molecule has 0 atom stereocenters. The van der Waals surface area contributed by atoms with Crippen molar-refractivity contribution in [3.8, 4) is 0 Å². The summed E-state index contributed by atoms with van der Waals surface area (Å²) in [6, 6.07) is 0.675. The number of hydrogen-bond acceptors (Lipinski definition) is 5. The van der Waals surface area contributed by atoms with Gasteiger partial charge in [0.25, 0.3) is 0 Å². The van der Waals surface area contributed by atoms with Gasteiger partial charge >= 0.3 is 6.09 Å². The Kier molecular flexibility index (Phi) is 7.50. The molecule has 0 aliphatic carbocycles. The maximum Gasteiger partial charge on any atom is 0.410 e. The van der Waals surface area contributed by atoms with Gasteiger partial charge in [-0.2, -0.15) is 11.8 Å². The van der Waals surface area contributed by atoms with E-state index in [1.165, 1.54) is 24.3 Å². The van der Waals surface area contributed by atoms with Crippen molar-refractivity contribution in [1.29, 1.82) is 0 Å². The van der Waals surface area contributed by atoms with Gasteiger partial charge in [-0.15, -0.1) is 0 Å². The first-order valence-corrected chi connectivity index (χ1v) is 10.0. The number of nitrogens with one attached hydrogen (secondary N) is 1. The molecule has 134 valence electrons. The van der Waals surface area contributed by atoms with Gasteiger partial charge in [0.05, 0.1) is 12.7 Å². The fourth-order valence-corrected chi connectivity index (χ4v) is 4.03. The number of carbonyl (C=O) groups is 1. The summed E-state index contributed by atoms with van der Waals surface area (Å²) >= 11 is 2.05. The van der Waals surface area contributed by atoms with Crippen LogP contribution in [0.15, 0.2) is 0 Å². The van der Waals surface area contributed by atoms with Gasteiger partial charge in [0.15, 0.2) is 0 Å². The normalized spacial score (nSPS) is 21.4. The first-order valence-electron chi connectivity index (χ1n) is 8.85. The van der Waals surface area contributed by atoms with E-state index in [1.807, 2.05) is 20.8 Å². The lowest BCUT2D eigenvalue weighted by molar-refractivity contribution is -0.0108. The molecule has 2 fully saturated rings. The highest BCUT2D eigenvalue weighted by atomic mass is 32.2. The van der Waals surface area contributed by atoms with E-state index in [-0.39, 0.29) is 12.2 Å². The molecular formula is C17H32N2O3S. The molecule has 1 N–H and O–H groups in total. The van der Waals surface area contributed by atoms with Gasteiger partial charge in [-0.05, 0) is 58.0 Å². The van der Waals surface area contributed by atoms with Crippen molar-refractivity contribution in [2.75, 3.05) is 37.7 Å². The molecule has 23 heavy (non-hydrogen) atoms. The number of thioether (sulfide) groups is 1. The van der Waals surface area contributed by atoms with Gasteiger partial charge in [0.1, 0.15) is 5.60 Å². The van der Waals surface area contributed by atoms with Crippen LogP contribution in [0.1, 0.15) is 46.5 Å². The SMILES string of the molecule is CC(C)(C)OC(=O)N1CCC(OCCNC2CCSCC2)CC1. The molecule has 0 spiro atoms. The minimum Gasteiger partial charge on any atom is -0.444 e. The second-order valence-corrected chi connectivity index (χ2v) is 8.60. The maximum atomic E-state index is 12.0. The minimum atomic E-state index is -0.423. The molecule has 5 nitrogen and oxygen atoms in total. The number of piperidine rings is 1. The van der Waals surface area contributed by atoms with Crippen molar-refractivity contribution in [3.05, 3.63) is 0 Å². The van der Waals surface area contributed by atoms with Crippen LogP contribution in [0.25, 0.3) is 0 Å². The molecule has 0 aromatic rings. The maximum absolute atomic E-state index is 12.0. The van der Waals surface area contributed by atoms with Gasteiger partial charge in [0.2, 0.25) is 0 Å². The third-order valence-electron chi connectivity index (χ3n) is 4.20.